The van der Waals surface area contributed by atoms with Crippen LogP contribution >= 0.6 is 0 Å². The van der Waals surface area contributed by atoms with Crippen LogP contribution in [-0.2, 0) is 0 Å². The van der Waals surface area contributed by atoms with Crippen molar-refractivity contribution in [3.8, 4) is 0 Å². The summed E-state index contributed by atoms with van der Waals surface area (Å²) >= 11 is 0. The van der Waals surface area contributed by atoms with Gasteiger partial charge in [0.25, 0.3) is 0 Å². The summed E-state index contributed by atoms with van der Waals surface area (Å²) in [5.74, 6) is 0.812. The van der Waals surface area contributed by atoms with Crippen molar-refractivity contribution in [2.45, 2.75) is 37.8 Å². The SMILES string of the molecule is Nc1ccnn1C1CCN2CCCC2C1. The Balaban J connectivity index is 1.76. The first-order valence-corrected chi connectivity index (χ1v) is 5.87. The molecule has 4 heteroatoms. The molecule has 3 rings (SSSR count). The van der Waals surface area contributed by atoms with Gasteiger partial charge >= 0.3 is 0 Å². The zero-order valence-electron chi connectivity index (χ0n) is 8.97. The first-order chi connectivity index (χ1) is 7.34. The summed E-state index contributed by atoms with van der Waals surface area (Å²) < 4.78 is 2.01. The van der Waals surface area contributed by atoms with Crippen LogP contribution in [0.15, 0.2) is 12.3 Å². The third-order valence-electron chi connectivity index (χ3n) is 3.84. The molecule has 1 aromatic rings. The lowest BCUT2D eigenvalue weighted by molar-refractivity contribution is 0.150. The van der Waals surface area contributed by atoms with Gasteiger partial charge in [-0.2, -0.15) is 5.10 Å². The second-order valence-electron chi connectivity index (χ2n) is 4.71. The Kier molecular flexibility index (Phi) is 2.16. The third-order valence-corrected chi connectivity index (χ3v) is 3.84. The average Bonchev–Trinajstić information content (AvgIpc) is 2.84. The largest absolute Gasteiger partial charge is 0.384 e. The minimum atomic E-state index is 0.527. The van der Waals surface area contributed by atoms with E-state index in [1.165, 1.54) is 38.8 Å². The summed E-state index contributed by atoms with van der Waals surface area (Å²) in [7, 11) is 0. The van der Waals surface area contributed by atoms with Crippen molar-refractivity contribution in [1.82, 2.24) is 14.7 Å². The fourth-order valence-corrected chi connectivity index (χ4v) is 3.05. The van der Waals surface area contributed by atoms with Crippen LogP contribution in [0.4, 0.5) is 5.82 Å². The Hall–Kier alpha value is -1.03. The maximum Gasteiger partial charge on any atom is 0.121 e. The van der Waals surface area contributed by atoms with Crippen LogP contribution < -0.4 is 5.73 Å². The zero-order valence-corrected chi connectivity index (χ0v) is 8.97. The Labute approximate surface area is 90.0 Å². The van der Waals surface area contributed by atoms with E-state index in [0.29, 0.717) is 6.04 Å². The molecule has 0 spiro atoms. The molecule has 2 saturated heterocycles. The summed E-state index contributed by atoms with van der Waals surface area (Å²) in [5.41, 5.74) is 5.90. The number of nitrogens with two attached hydrogens (primary N) is 1. The molecule has 2 unspecified atom stereocenters. The van der Waals surface area contributed by atoms with E-state index in [0.717, 1.165) is 11.9 Å². The fourth-order valence-electron chi connectivity index (χ4n) is 3.05. The van der Waals surface area contributed by atoms with Gasteiger partial charge in [-0.1, -0.05) is 0 Å². The van der Waals surface area contributed by atoms with Gasteiger partial charge in [0.05, 0.1) is 12.2 Å². The molecule has 0 amide bonds. The molecular weight excluding hydrogens is 188 g/mol. The Morgan fingerprint density at radius 3 is 3.00 bits per heavy atom. The van der Waals surface area contributed by atoms with Crippen LogP contribution in [0.3, 0.4) is 0 Å². The molecule has 4 nitrogen and oxygen atoms in total. The minimum Gasteiger partial charge on any atom is -0.384 e. The fraction of sp³-hybridized carbons (Fsp3) is 0.727. The van der Waals surface area contributed by atoms with Crippen LogP contribution in [-0.4, -0.2) is 33.8 Å². The summed E-state index contributed by atoms with van der Waals surface area (Å²) in [6, 6.07) is 3.20. The lowest BCUT2D eigenvalue weighted by atomic mass is 9.98. The Morgan fingerprint density at radius 1 is 1.27 bits per heavy atom. The molecule has 0 aromatic carbocycles. The monoisotopic (exact) mass is 206 g/mol. The molecule has 2 N–H and O–H groups in total. The summed E-state index contributed by atoms with van der Waals surface area (Å²) in [4.78, 5) is 2.62. The lowest BCUT2D eigenvalue weighted by Crippen LogP contribution is -2.39. The molecule has 1 aromatic heterocycles. The van der Waals surface area contributed by atoms with Crippen LogP contribution in [0.2, 0.25) is 0 Å². The second kappa shape index (κ2) is 3.52. The van der Waals surface area contributed by atoms with Gasteiger partial charge in [-0.3, -0.25) is 0 Å². The number of piperidine rings is 1. The topological polar surface area (TPSA) is 47.1 Å². The highest BCUT2D eigenvalue weighted by molar-refractivity contribution is 5.26. The molecule has 0 bridgehead atoms. The van der Waals surface area contributed by atoms with Gasteiger partial charge in [0.1, 0.15) is 5.82 Å². The van der Waals surface area contributed by atoms with Crippen molar-refractivity contribution in [1.29, 1.82) is 0 Å². The molecule has 0 saturated carbocycles. The van der Waals surface area contributed by atoms with Crippen molar-refractivity contribution in [3.05, 3.63) is 12.3 Å². The number of rotatable bonds is 1. The van der Waals surface area contributed by atoms with Crippen LogP contribution in [0.1, 0.15) is 31.7 Å². The van der Waals surface area contributed by atoms with E-state index < -0.39 is 0 Å². The number of fused-ring (bicyclic) bond motifs is 1. The first-order valence-electron chi connectivity index (χ1n) is 5.87. The van der Waals surface area contributed by atoms with E-state index in [1.807, 2.05) is 10.7 Å². The number of nitrogen functional groups attached to an aromatic ring is 1. The highest BCUT2D eigenvalue weighted by Gasteiger charge is 2.32. The van der Waals surface area contributed by atoms with Crippen molar-refractivity contribution >= 4 is 5.82 Å². The van der Waals surface area contributed by atoms with Crippen molar-refractivity contribution < 1.29 is 0 Å². The van der Waals surface area contributed by atoms with Gasteiger partial charge in [0.2, 0.25) is 0 Å². The summed E-state index contributed by atoms with van der Waals surface area (Å²) in [6.07, 6.45) is 6.95. The predicted molar refractivity (Wildman–Crippen MR) is 59.5 cm³/mol. The number of anilines is 1. The molecule has 82 valence electrons. The first kappa shape index (κ1) is 9.21. The predicted octanol–water partition coefficient (Wildman–Crippen LogP) is 1.26. The molecule has 2 aliphatic rings. The average molecular weight is 206 g/mol. The molecular formula is C11H18N4. The second-order valence-corrected chi connectivity index (χ2v) is 4.71. The maximum atomic E-state index is 5.90. The van der Waals surface area contributed by atoms with Gasteiger partial charge in [-0.15, -0.1) is 0 Å². The van der Waals surface area contributed by atoms with Gasteiger partial charge in [-0.25, -0.2) is 4.68 Å². The number of hydrogen-bond donors (Lipinski definition) is 1. The van der Waals surface area contributed by atoms with Gasteiger partial charge in [0.15, 0.2) is 0 Å². The summed E-state index contributed by atoms with van der Waals surface area (Å²) in [6.45, 7) is 2.51. The Morgan fingerprint density at radius 2 is 2.20 bits per heavy atom. The molecule has 0 aliphatic carbocycles. The van der Waals surface area contributed by atoms with E-state index in [2.05, 4.69) is 10.00 Å². The number of hydrogen-bond acceptors (Lipinski definition) is 3. The highest BCUT2D eigenvalue weighted by Crippen LogP contribution is 2.33. The van der Waals surface area contributed by atoms with E-state index >= 15 is 0 Å². The smallest absolute Gasteiger partial charge is 0.121 e. The van der Waals surface area contributed by atoms with Crippen LogP contribution in [0.5, 0.6) is 0 Å². The van der Waals surface area contributed by atoms with Crippen LogP contribution in [0.25, 0.3) is 0 Å². The normalized spacial score (nSPS) is 31.7. The van der Waals surface area contributed by atoms with Gasteiger partial charge < -0.3 is 10.6 Å². The molecule has 15 heavy (non-hydrogen) atoms. The molecule has 3 heterocycles. The van der Waals surface area contributed by atoms with Crippen LogP contribution in [0, 0.1) is 0 Å². The number of aromatic nitrogens is 2. The quantitative estimate of drug-likeness (QED) is 0.752. The van der Waals surface area contributed by atoms with E-state index in [-0.39, 0.29) is 0 Å². The van der Waals surface area contributed by atoms with E-state index in [4.69, 9.17) is 5.73 Å². The molecule has 0 radical (unpaired) electrons. The lowest BCUT2D eigenvalue weighted by Gasteiger charge is -2.35. The van der Waals surface area contributed by atoms with Crippen molar-refractivity contribution in [2.24, 2.45) is 0 Å². The zero-order chi connectivity index (χ0) is 10.3. The summed E-state index contributed by atoms with van der Waals surface area (Å²) in [5, 5.41) is 4.33. The maximum absolute atomic E-state index is 5.90. The molecule has 2 aliphatic heterocycles. The number of nitrogens with zero attached hydrogens (tertiary/aromatic N) is 3. The van der Waals surface area contributed by atoms with E-state index in [1.54, 1.807) is 6.20 Å². The van der Waals surface area contributed by atoms with Crippen molar-refractivity contribution in [2.75, 3.05) is 18.8 Å². The van der Waals surface area contributed by atoms with Gasteiger partial charge in [-0.05, 0) is 38.3 Å². The highest BCUT2D eigenvalue weighted by atomic mass is 15.3. The van der Waals surface area contributed by atoms with E-state index in [9.17, 15) is 0 Å². The van der Waals surface area contributed by atoms with Gasteiger partial charge in [0, 0.05) is 12.6 Å². The standard InChI is InChI=1S/C11H18N4/c12-11-3-5-13-15(11)10-4-7-14-6-1-2-9(14)8-10/h3,5,9-10H,1-2,4,6-8,12H2. The third kappa shape index (κ3) is 1.53. The molecule has 2 atom stereocenters. The van der Waals surface area contributed by atoms with Crippen molar-refractivity contribution in [3.63, 3.8) is 0 Å². The Bertz CT molecular complexity index is 346. The minimum absolute atomic E-state index is 0.527. The molecule has 2 fully saturated rings.